The minimum absolute atomic E-state index is 0.0410. The van der Waals surface area contributed by atoms with Crippen molar-refractivity contribution >= 4 is 23.4 Å². The SMILES string of the molecule is Cc1nnsc1C(=O)N(CCC(=O)O)Cc1ccc(F)c(F)c1. The molecule has 1 N–H and O–H groups in total. The van der Waals surface area contributed by atoms with Crippen LogP contribution in [0.25, 0.3) is 0 Å². The second-order valence-electron chi connectivity index (χ2n) is 4.81. The Morgan fingerprint density at radius 1 is 1.30 bits per heavy atom. The standard InChI is InChI=1S/C14H13F2N3O3S/c1-8-13(23-18-17-8)14(22)19(5-4-12(20)21)7-9-2-3-10(15)11(16)6-9/h2-3,6H,4-5,7H2,1H3,(H,20,21). The molecule has 1 heterocycles. The summed E-state index contributed by atoms with van der Waals surface area (Å²) < 4.78 is 29.9. The fourth-order valence-electron chi connectivity index (χ4n) is 1.91. The quantitative estimate of drug-likeness (QED) is 0.871. The van der Waals surface area contributed by atoms with Crippen LogP contribution >= 0.6 is 11.5 Å². The number of hydrogen-bond donors (Lipinski definition) is 1. The summed E-state index contributed by atoms with van der Waals surface area (Å²) in [5.41, 5.74) is 0.795. The molecule has 2 rings (SSSR count). The van der Waals surface area contributed by atoms with Crippen LogP contribution in [-0.4, -0.2) is 38.0 Å². The van der Waals surface area contributed by atoms with Gasteiger partial charge in [-0.05, 0) is 36.2 Å². The molecule has 1 amide bonds. The molecule has 6 nitrogen and oxygen atoms in total. The highest BCUT2D eigenvalue weighted by Crippen LogP contribution is 2.17. The number of halogens is 2. The van der Waals surface area contributed by atoms with E-state index in [1.807, 2.05) is 0 Å². The number of carbonyl (C=O) groups is 2. The molecule has 0 saturated heterocycles. The highest BCUT2D eigenvalue weighted by Gasteiger charge is 2.22. The van der Waals surface area contributed by atoms with Crippen LogP contribution in [0.2, 0.25) is 0 Å². The number of benzene rings is 1. The normalized spacial score (nSPS) is 10.6. The zero-order chi connectivity index (χ0) is 17.0. The number of aryl methyl sites for hydroxylation is 1. The third kappa shape index (κ3) is 4.28. The monoisotopic (exact) mass is 341 g/mol. The maximum Gasteiger partial charge on any atom is 0.305 e. The van der Waals surface area contributed by atoms with E-state index in [2.05, 4.69) is 9.59 Å². The summed E-state index contributed by atoms with van der Waals surface area (Å²) in [6, 6.07) is 3.29. The van der Waals surface area contributed by atoms with E-state index in [9.17, 15) is 18.4 Å². The molecule has 0 aliphatic carbocycles. The summed E-state index contributed by atoms with van der Waals surface area (Å²) in [5, 5.41) is 12.5. The van der Waals surface area contributed by atoms with E-state index in [0.717, 1.165) is 23.7 Å². The van der Waals surface area contributed by atoms with Crippen molar-refractivity contribution in [1.29, 1.82) is 0 Å². The maximum absolute atomic E-state index is 13.3. The predicted octanol–water partition coefficient (Wildman–Crippen LogP) is 2.24. The maximum atomic E-state index is 13.3. The van der Waals surface area contributed by atoms with Crippen molar-refractivity contribution < 1.29 is 23.5 Å². The highest BCUT2D eigenvalue weighted by molar-refractivity contribution is 7.07. The molecular formula is C14H13F2N3O3S. The van der Waals surface area contributed by atoms with Gasteiger partial charge in [0.05, 0.1) is 12.1 Å². The lowest BCUT2D eigenvalue weighted by atomic mass is 10.2. The lowest BCUT2D eigenvalue weighted by Gasteiger charge is -2.21. The molecular weight excluding hydrogens is 328 g/mol. The number of nitrogens with zero attached hydrogens (tertiary/aromatic N) is 3. The van der Waals surface area contributed by atoms with Gasteiger partial charge >= 0.3 is 5.97 Å². The van der Waals surface area contributed by atoms with Crippen LogP contribution in [0, 0.1) is 18.6 Å². The van der Waals surface area contributed by atoms with E-state index in [1.165, 1.54) is 11.0 Å². The number of carboxylic acid groups (broad SMARTS) is 1. The Morgan fingerprint density at radius 2 is 2.04 bits per heavy atom. The van der Waals surface area contributed by atoms with Crippen LogP contribution in [0.15, 0.2) is 18.2 Å². The van der Waals surface area contributed by atoms with Gasteiger partial charge in [-0.25, -0.2) is 8.78 Å². The lowest BCUT2D eigenvalue weighted by Crippen LogP contribution is -2.32. The van der Waals surface area contributed by atoms with Gasteiger partial charge in [-0.3, -0.25) is 9.59 Å². The summed E-state index contributed by atoms with van der Waals surface area (Å²) >= 11 is 0.903. The average Bonchev–Trinajstić information content (AvgIpc) is 2.92. The van der Waals surface area contributed by atoms with Crippen molar-refractivity contribution in [3.05, 3.63) is 46.0 Å². The number of carboxylic acids is 1. The fourth-order valence-corrected chi connectivity index (χ4v) is 2.54. The number of aliphatic carboxylic acids is 1. The number of carbonyl (C=O) groups excluding carboxylic acids is 1. The summed E-state index contributed by atoms with van der Waals surface area (Å²) in [5.74, 6) is -3.51. The summed E-state index contributed by atoms with van der Waals surface area (Å²) in [4.78, 5) is 24.8. The van der Waals surface area contributed by atoms with Gasteiger partial charge in [-0.1, -0.05) is 10.6 Å². The molecule has 1 aromatic heterocycles. The van der Waals surface area contributed by atoms with Crippen molar-refractivity contribution in [3.8, 4) is 0 Å². The van der Waals surface area contributed by atoms with Crippen molar-refractivity contribution in [2.75, 3.05) is 6.54 Å². The number of amides is 1. The number of rotatable bonds is 6. The molecule has 0 spiro atoms. The van der Waals surface area contributed by atoms with Crippen LogP contribution < -0.4 is 0 Å². The zero-order valence-electron chi connectivity index (χ0n) is 12.1. The third-order valence-corrected chi connectivity index (χ3v) is 3.90. The fraction of sp³-hybridized carbons (Fsp3) is 0.286. The van der Waals surface area contributed by atoms with Crippen LogP contribution in [0.4, 0.5) is 8.78 Å². The van der Waals surface area contributed by atoms with E-state index in [4.69, 9.17) is 5.11 Å². The van der Waals surface area contributed by atoms with Gasteiger partial charge in [-0.15, -0.1) is 5.10 Å². The molecule has 2 aromatic rings. The van der Waals surface area contributed by atoms with E-state index >= 15 is 0 Å². The molecule has 0 atom stereocenters. The van der Waals surface area contributed by atoms with Crippen molar-refractivity contribution in [2.24, 2.45) is 0 Å². The van der Waals surface area contributed by atoms with Gasteiger partial charge in [0.1, 0.15) is 4.88 Å². The Labute approximate surface area is 134 Å². The van der Waals surface area contributed by atoms with E-state index in [0.29, 0.717) is 11.3 Å². The first kappa shape index (κ1) is 16.9. The van der Waals surface area contributed by atoms with Gasteiger partial charge in [0.2, 0.25) is 0 Å². The van der Waals surface area contributed by atoms with E-state index < -0.39 is 23.5 Å². The third-order valence-electron chi connectivity index (χ3n) is 3.09. The Morgan fingerprint density at radius 3 is 2.61 bits per heavy atom. The first-order valence-corrected chi connectivity index (χ1v) is 7.39. The van der Waals surface area contributed by atoms with Crippen molar-refractivity contribution in [1.82, 2.24) is 14.5 Å². The van der Waals surface area contributed by atoms with Crippen LogP contribution in [-0.2, 0) is 11.3 Å². The molecule has 0 saturated carbocycles. The van der Waals surface area contributed by atoms with Crippen molar-refractivity contribution in [3.63, 3.8) is 0 Å². The smallest absolute Gasteiger partial charge is 0.305 e. The Balaban J connectivity index is 2.22. The highest BCUT2D eigenvalue weighted by atomic mass is 32.1. The number of aromatic nitrogens is 2. The minimum atomic E-state index is -1.06. The lowest BCUT2D eigenvalue weighted by molar-refractivity contribution is -0.137. The Kier molecular flexibility index (Phi) is 5.32. The van der Waals surface area contributed by atoms with E-state index in [-0.39, 0.29) is 24.4 Å². The molecule has 0 bridgehead atoms. The predicted molar refractivity (Wildman–Crippen MR) is 78.0 cm³/mol. The van der Waals surface area contributed by atoms with E-state index in [1.54, 1.807) is 6.92 Å². The summed E-state index contributed by atoms with van der Waals surface area (Å²) in [6.45, 7) is 1.51. The van der Waals surface area contributed by atoms with Gasteiger partial charge in [-0.2, -0.15) is 0 Å². The zero-order valence-corrected chi connectivity index (χ0v) is 12.9. The molecule has 0 radical (unpaired) electrons. The first-order chi connectivity index (χ1) is 10.9. The molecule has 23 heavy (non-hydrogen) atoms. The summed E-state index contributed by atoms with van der Waals surface area (Å²) in [6.07, 6.45) is -0.263. The van der Waals surface area contributed by atoms with Gasteiger partial charge in [0.25, 0.3) is 5.91 Å². The first-order valence-electron chi connectivity index (χ1n) is 6.62. The van der Waals surface area contributed by atoms with Crippen LogP contribution in [0.1, 0.15) is 27.3 Å². The minimum Gasteiger partial charge on any atom is -0.481 e. The molecule has 0 aliphatic heterocycles. The molecule has 9 heteroatoms. The second-order valence-corrected chi connectivity index (χ2v) is 5.56. The van der Waals surface area contributed by atoms with Crippen molar-refractivity contribution in [2.45, 2.75) is 19.9 Å². The van der Waals surface area contributed by atoms with Crippen LogP contribution in [0.5, 0.6) is 0 Å². The number of hydrogen-bond acceptors (Lipinski definition) is 5. The summed E-state index contributed by atoms with van der Waals surface area (Å²) in [7, 11) is 0. The Hall–Kier alpha value is -2.42. The molecule has 122 valence electrons. The van der Waals surface area contributed by atoms with Gasteiger partial charge in [0, 0.05) is 13.1 Å². The van der Waals surface area contributed by atoms with Crippen LogP contribution in [0.3, 0.4) is 0 Å². The topological polar surface area (TPSA) is 83.4 Å². The molecule has 0 aliphatic rings. The molecule has 0 fully saturated rings. The second kappa shape index (κ2) is 7.23. The Bertz CT molecular complexity index is 736. The molecule has 1 aromatic carbocycles. The average molecular weight is 341 g/mol. The van der Waals surface area contributed by atoms with Gasteiger partial charge in [0.15, 0.2) is 11.6 Å². The molecule has 0 unspecified atom stereocenters. The van der Waals surface area contributed by atoms with Gasteiger partial charge < -0.3 is 10.0 Å². The largest absolute Gasteiger partial charge is 0.481 e.